The Balaban J connectivity index is 3.03. The van der Waals surface area contributed by atoms with Gasteiger partial charge in [-0.15, -0.1) is 6.42 Å². The van der Waals surface area contributed by atoms with Gasteiger partial charge in [0.25, 0.3) is 5.91 Å². The zero-order chi connectivity index (χ0) is 12.1. The number of hydrogen-bond donors (Lipinski definition) is 0. The molecule has 1 aromatic carbocycles. The van der Waals surface area contributed by atoms with Crippen molar-refractivity contribution in [3.05, 3.63) is 31.8 Å². The first-order chi connectivity index (χ1) is 7.60. The van der Waals surface area contributed by atoms with E-state index in [-0.39, 0.29) is 5.91 Å². The first kappa shape index (κ1) is 13.5. The molecule has 1 aromatic rings. The average Bonchev–Trinajstić information content (AvgIpc) is 2.28. The zero-order valence-corrected chi connectivity index (χ0v) is 12.6. The number of benzene rings is 1. The second kappa shape index (κ2) is 6.26. The summed E-state index contributed by atoms with van der Waals surface area (Å²) in [6.45, 7) is 2.87. The fraction of sp³-hybridized carbons (Fsp3) is 0.250. The summed E-state index contributed by atoms with van der Waals surface area (Å²) in [7, 11) is 0. The van der Waals surface area contributed by atoms with Crippen molar-refractivity contribution in [2.45, 2.75) is 6.92 Å². The molecule has 0 aliphatic rings. The van der Waals surface area contributed by atoms with Crippen LogP contribution in [-0.4, -0.2) is 23.9 Å². The number of carbonyl (C=O) groups excluding carboxylic acids is 1. The third-order valence-electron chi connectivity index (χ3n) is 2.11. The van der Waals surface area contributed by atoms with Crippen LogP contribution in [-0.2, 0) is 0 Å². The molecule has 0 saturated carbocycles. The lowest BCUT2D eigenvalue weighted by Gasteiger charge is -2.18. The molecule has 2 nitrogen and oxygen atoms in total. The van der Waals surface area contributed by atoms with Crippen LogP contribution >= 0.6 is 38.5 Å². The zero-order valence-electron chi connectivity index (χ0n) is 8.84. The summed E-state index contributed by atoms with van der Waals surface area (Å²) in [5, 5.41) is 0. The van der Waals surface area contributed by atoms with Gasteiger partial charge in [-0.2, -0.15) is 0 Å². The number of rotatable bonds is 3. The van der Waals surface area contributed by atoms with Crippen LogP contribution in [0.2, 0.25) is 0 Å². The SMILES string of the molecule is C#CCN(CC)C(=O)c1cc(I)ccc1Br. The maximum absolute atomic E-state index is 12.1. The van der Waals surface area contributed by atoms with Crippen LogP contribution in [0.4, 0.5) is 0 Å². The van der Waals surface area contributed by atoms with Gasteiger partial charge in [0.2, 0.25) is 0 Å². The van der Waals surface area contributed by atoms with Crippen LogP contribution in [0.3, 0.4) is 0 Å². The molecule has 0 heterocycles. The maximum Gasteiger partial charge on any atom is 0.255 e. The molecule has 0 aliphatic heterocycles. The molecule has 4 heteroatoms. The minimum Gasteiger partial charge on any atom is -0.328 e. The van der Waals surface area contributed by atoms with Crippen molar-refractivity contribution in [1.29, 1.82) is 0 Å². The number of terminal acetylenes is 1. The van der Waals surface area contributed by atoms with Gasteiger partial charge in [0, 0.05) is 14.6 Å². The number of amides is 1. The normalized spacial score (nSPS) is 9.62. The summed E-state index contributed by atoms with van der Waals surface area (Å²) in [6, 6.07) is 5.67. The predicted molar refractivity (Wildman–Crippen MR) is 77.3 cm³/mol. The van der Waals surface area contributed by atoms with E-state index < -0.39 is 0 Å². The summed E-state index contributed by atoms with van der Waals surface area (Å²) in [5.74, 6) is 2.46. The van der Waals surface area contributed by atoms with Gasteiger partial charge in [-0.25, -0.2) is 0 Å². The molecule has 0 radical (unpaired) electrons. The fourth-order valence-electron chi connectivity index (χ4n) is 1.27. The van der Waals surface area contributed by atoms with Gasteiger partial charge in [0.1, 0.15) is 0 Å². The number of halogens is 2. The van der Waals surface area contributed by atoms with Crippen LogP contribution in [0.5, 0.6) is 0 Å². The Labute approximate surface area is 118 Å². The lowest BCUT2D eigenvalue weighted by molar-refractivity contribution is 0.0784. The summed E-state index contributed by atoms with van der Waals surface area (Å²) in [4.78, 5) is 13.8. The Kier molecular flexibility index (Phi) is 5.29. The second-order valence-corrected chi connectivity index (χ2v) is 5.25. The van der Waals surface area contributed by atoms with Gasteiger partial charge in [-0.1, -0.05) is 5.92 Å². The van der Waals surface area contributed by atoms with E-state index >= 15 is 0 Å². The van der Waals surface area contributed by atoms with Gasteiger partial charge in [-0.05, 0) is 63.6 Å². The quantitative estimate of drug-likeness (QED) is 0.572. The average molecular weight is 392 g/mol. The van der Waals surface area contributed by atoms with Crippen LogP contribution in [0.15, 0.2) is 22.7 Å². The molecule has 0 atom stereocenters. The highest BCUT2D eigenvalue weighted by atomic mass is 127. The van der Waals surface area contributed by atoms with E-state index in [1.165, 1.54) is 0 Å². The maximum atomic E-state index is 12.1. The van der Waals surface area contributed by atoms with E-state index in [9.17, 15) is 4.79 Å². The number of carbonyl (C=O) groups is 1. The highest BCUT2D eigenvalue weighted by molar-refractivity contribution is 14.1. The van der Waals surface area contributed by atoms with Crippen LogP contribution in [0, 0.1) is 15.9 Å². The minimum absolute atomic E-state index is 0.0363. The van der Waals surface area contributed by atoms with Gasteiger partial charge < -0.3 is 4.90 Å². The van der Waals surface area contributed by atoms with Crippen LogP contribution < -0.4 is 0 Å². The summed E-state index contributed by atoms with van der Waals surface area (Å²) in [5.41, 5.74) is 0.656. The highest BCUT2D eigenvalue weighted by Crippen LogP contribution is 2.21. The van der Waals surface area contributed by atoms with Crippen molar-refractivity contribution in [3.8, 4) is 12.3 Å². The van der Waals surface area contributed by atoms with E-state index in [1.807, 2.05) is 25.1 Å². The first-order valence-corrected chi connectivity index (χ1v) is 6.65. The Morgan fingerprint density at radius 2 is 2.31 bits per heavy atom. The molecule has 0 aliphatic carbocycles. The standard InChI is InChI=1S/C12H11BrINO/c1-3-7-15(4-2)12(16)10-8-9(14)5-6-11(10)13/h1,5-6,8H,4,7H2,2H3. The molecule has 0 unspecified atom stereocenters. The third-order valence-corrected chi connectivity index (χ3v) is 3.47. The largest absolute Gasteiger partial charge is 0.328 e. The van der Waals surface area contributed by atoms with Crippen LogP contribution in [0.1, 0.15) is 17.3 Å². The number of nitrogens with zero attached hydrogens (tertiary/aromatic N) is 1. The molecular weight excluding hydrogens is 381 g/mol. The molecule has 0 bridgehead atoms. The fourth-order valence-corrected chi connectivity index (χ4v) is 2.18. The van der Waals surface area contributed by atoms with E-state index in [0.29, 0.717) is 18.7 Å². The van der Waals surface area contributed by atoms with Crippen molar-refractivity contribution >= 4 is 44.4 Å². The number of hydrogen-bond acceptors (Lipinski definition) is 1. The molecule has 1 rings (SSSR count). The van der Waals surface area contributed by atoms with Gasteiger partial charge in [0.15, 0.2) is 0 Å². The second-order valence-electron chi connectivity index (χ2n) is 3.15. The Morgan fingerprint density at radius 3 is 2.88 bits per heavy atom. The van der Waals surface area contributed by atoms with E-state index in [4.69, 9.17) is 6.42 Å². The van der Waals surface area contributed by atoms with Crippen molar-refractivity contribution in [2.24, 2.45) is 0 Å². The summed E-state index contributed by atoms with van der Waals surface area (Å²) < 4.78 is 1.83. The minimum atomic E-state index is -0.0363. The Morgan fingerprint density at radius 1 is 1.62 bits per heavy atom. The topological polar surface area (TPSA) is 20.3 Å². The molecule has 84 valence electrons. The molecule has 0 N–H and O–H groups in total. The van der Waals surface area contributed by atoms with E-state index in [2.05, 4.69) is 44.4 Å². The lowest BCUT2D eigenvalue weighted by atomic mass is 10.2. The molecule has 0 aromatic heterocycles. The lowest BCUT2D eigenvalue weighted by Crippen LogP contribution is -2.31. The van der Waals surface area contributed by atoms with Crippen molar-refractivity contribution in [1.82, 2.24) is 4.90 Å². The van der Waals surface area contributed by atoms with Crippen LogP contribution in [0.25, 0.3) is 0 Å². The smallest absolute Gasteiger partial charge is 0.255 e. The molecule has 0 fully saturated rings. The highest BCUT2D eigenvalue weighted by Gasteiger charge is 2.16. The first-order valence-electron chi connectivity index (χ1n) is 4.78. The molecule has 0 spiro atoms. The Bertz CT molecular complexity index is 439. The molecule has 1 amide bonds. The molecule has 16 heavy (non-hydrogen) atoms. The van der Waals surface area contributed by atoms with Crippen molar-refractivity contribution in [3.63, 3.8) is 0 Å². The van der Waals surface area contributed by atoms with E-state index in [0.717, 1.165) is 8.04 Å². The van der Waals surface area contributed by atoms with Crippen molar-refractivity contribution in [2.75, 3.05) is 13.1 Å². The third kappa shape index (κ3) is 3.22. The molecule has 0 saturated heterocycles. The van der Waals surface area contributed by atoms with Gasteiger partial charge >= 0.3 is 0 Å². The molecular formula is C12H11BrINO. The van der Waals surface area contributed by atoms with Gasteiger partial charge in [0.05, 0.1) is 12.1 Å². The van der Waals surface area contributed by atoms with Gasteiger partial charge in [-0.3, -0.25) is 4.79 Å². The predicted octanol–water partition coefficient (Wildman–Crippen LogP) is 3.15. The van der Waals surface area contributed by atoms with Crippen molar-refractivity contribution < 1.29 is 4.79 Å². The van der Waals surface area contributed by atoms with E-state index in [1.54, 1.807) is 4.90 Å². The Hall–Kier alpha value is -0.540. The monoisotopic (exact) mass is 391 g/mol. The summed E-state index contributed by atoms with van der Waals surface area (Å²) in [6.07, 6.45) is 5.23. The summed E-state index contributed by atoms with van der Waals surface area (Å²) >= 11 is 5.56.